The Morgan fingerprint density at radius 2 is 2.16 bits per heavy atom. The number of rotatable bonds is 5. The van der Waals surface area contributed by atoms with Gasteiger partial charge in [-0.1, -0.05) is 6.92 Å². The van der Waals surface area contributed by atoms with Gasteiger partial charge < -0.3 is 5.11 Å². The van der Waals surface area contributed by atoms with Crippen molar-refractivity contribution in [3.63, 3.8) is 0 Å². The number of carboxylic acids is 1. The Kier molecular flexibility index (Phi) is 4.62. The largest absolute Gasteiger partial charge is 0.481 e. The van der Waals surface area contributed by atoms with E-state index in [0.717, 1.165) is 12.1 Å². The Morgan fingerprint density at radius 1 is 1.53 bits per heavy atom. The second kappa shape index (κ2) is 5.80. The fraction of sp³-hybridized carbons (Fsp3) is 0.333. The first-order chi connectivity index (χ1) is 8.75. The molecule has 1 unspecified atom stereocenters. The molecule has 0 aromatic heterocycles. The lowest BCUT2D eigenvalue weighted by Gasteiger charge is -2.08. The van der Waals surface area contributed by atoms with Crippen LogP contribution in [0.4, 0.5) is 4.39 Å². The van der Waals surface area contributed by atoms with Gasteiger partial charge in [-0.3, -0.25) is 4.79 Å². The quantitative estimate of drug-likeness (QED) is 0.880. The van der Waals surface area contributed by atoms with Crippen molar-refractivity contribution in [3.8, 4) is 6.07 Å². The highest BCUT2D eigenvalue weighted by Crippen LogP contribution is 2.15. The van der Waals surface area contributed by atoms with Crippen LogP contribution in [-0.2, 0) is 20.4 Å². The third-order valence-electron chi connectivity index (χ3n) is 2.48. The molecule has 1 aromatic rings. The van der Waals surface area contributed by atoms with Gasteiger partial charge in [0.2, 0.25) is 0 Å². The molecule has 0 saturated heterocycles. The number of hydrogen-bond acceptors (Lipinski definition) is 4. The van der Waals surface area contributed by atoms with E-state index in [4.69, 9.17) is 10.4 Å². The van der Waals surface area contributed by atoms with Crippen molar-refractivity contribution in [2.75, 3.05) is 5.75 Å². The Labute approximate surface area is 110 Å². The summed E-state index contributed by atoms with van der Waals surface area (Å²) in [4.78, 5) is 10.6. The molecule has 1 rings (SSSR count). The van der Waals surface area contributed by atoms with Crippen LogP contribution in [0.15, 0.2) is 18.2 Å². The van der Waals surface area contributed by atoms with E-state index in [-0.39, 0.29) is 11.1 Å². The summed E-state index contributed by atoms with van der Waals surface area (Å²) in [7, 11) is -3.76. The summed E-state index contributed by atoms with van der Waals surface area (Å²) < 4.78 is 36.9. The molecule has 0 heterocycles. The van der Waals surface area contributed by atoms with Crippen LogP contribution in [0.5, 0.6) is 0 Å². The van der Waals surface area contributed by atoms with E-state index in [9.17, 15) is 17.6 Å². The number of benzene rings is 1. The van der Waals surface area contributed by atoms with Gasteiger partial charge in [0.05, 0.1) is 29.1 Å². The number of nitriles is 1. The lowest BCUT2D eigenvalue weighted by atomic mass is 10.1. The molecular formula is C12H12FNO4S. The fourth-order valence-corrected chi connectivity index (χ4v) is 3.22. The summed E-state index contributed by atoms with van der Waals surface area (Å²) in [5.41, 5.74) is 0.0227. The highest BCUT2D eigenvalue weighted by molar-refractivity contribution is 7.90. The van der Waals surface area contributed by atoms with Crippen LogP contribution in [0.3, 0.4) is 0 Å². The molecule has 0 aliphatic carbocycles. The standard InChI is InChI=1S/C12H12FNO4S/c1-8(12(15)16)6-19(17,18)7-10-4-9(5-14)2-3-11(10)13/h2-4,8H,6-7H2,1H3,(H,15,16). The first-order valence-electron chi connectivity index (χ1n) is 5.37. The van der Waals surface area contributed by atoms with Crippen molar-refractivity contribution >= 4 is 15.8 Å². The summed E-state index contributed by atoms with van der Waals surface area (Å²) in [6.45, 7) is 1.27. The van der Waals surface area contributed by atoms with Gasteiger partial charge in [0.15, 0.2) is 9.84 Å². The summed E-state index contributed by atoms with van der Waals surface area (Å²) in [6, 6.07) is 5.19. The van der Waals surface area contributed by atoms with Gasteiger partial charge in [-0.15, -0.1) is 0 Å². The van der Waals surface area contributed by atoms with E-state index in [1.165, 1.54) is 13.0 Å². The smallest absolute Gasteiger partial charge is 0.307 e. The van der Waals surface area contributed by atoms with Gasteiger partial charge in [-0.25, -0.2) is 12.8 Å². The van der Waals surface area contributed by atoms with Crippen LogP contribution in [0.2, 0.25) is 0 Å². The lowest BCUT2D eigenvalue weighted by molar-refractivity contribution is -0.140. The lowest BCUT2D eigenvalue weighted by Crippen LogP contribution is -2.22. The number of hydrogen-bond donors (Lipinski definition) is 1. The topological polar surface area (TPSA) is 95.2 Å². The summed E-state index contributed by atoms with van der Waals surface area (Å²) in [5.74, 6) is -4.21. The average molecular weight is 285 g/mol. The van der Waals surface area contributed by atoms with Gasteiger partial charge >= 0.3 is 5.97 Å². The van der Waals surface area contributed by atoms with E-state index in [0.29, 0.717) is 0 Å². The van der Waals surface area contributed by atoms with Gasteiger partial charge in [0, 0.05) is 5.56 Å². The van der Waals surface area contributed by atoms with E-state index in [1.807, 2.05) is 0 Å². The molecule has 0 spiro atoms. The summed E-state index contributed by atoms with van der Waals surface area (Å²) >= 11 is 0. The van der Waals surface area contributed by atoms with E-state index in [2.05, 4.69) is 0 Å². The minimum atomic E-state index is -3.76. The van der Waals surface area contributed by atoms with Crippen molar-refractivity contribution in [3.05, 3.63) is 35.1 Å². The third kappa shape index (κ3) is 4.34. The predicted molar refractivity (Wildman–Crippen MR) is 65.4 cm³/mol. The normalized spacial score (nSPS) is 12.7. The van der Waals surface area contributed by atoms with Crippen molar-refractivity contribution in [2.45, 2.75) is 12.7 Å². The Balaban J connectivity index is 2.96. The van der Waals surface area contributed by atoms with Crippen LogP contribution in [0.1, 0.15) is 18.1 Å². The molecule has 0 saturated carbocycles. The zero-order valence-electron chi connectivity index (χ0n) is 10.1. The van der Waals surface area contributed by atoms with Crippen LogP contribution in [-0.4, -0.2) is 25.2 Å². The molecule has 7 heteroatoms. The Morgan fingerprint density at radius 3 is 2.68 bits per heavy atom. The molecule has 0 aliphatic rings. The molecule has 1 atom stereocenters. The third-order valence-corrected chi connectivity index (χ3v) is 4.23. The van der Waals surface area contributed by atoms with Crippen LogP contribution in [0, 0.1) is 23.1 Å². The Bertz CT molecular complexity index is 634. The SMILES string of the molecule is CC(CS(=O)(=O)Cc1cc(C#N)ccc1F)C(=O)O. The molecule has 0 radical (unpaired) electrons. The number of aliphatic carboxylic acids is 1. The maximum Gasteiger partial charge on any atom is 0.307 e. The molecule has 0 bridgehead atoms. The highest BCUT2D eigenvalue weighted by Gasteiger charge is 2.22. The molecule has 5 nitrogen and oxygen atoms in total. The van der Waals surface area contributed by atoms with Gasteiger partial charge in [-0.2, -0.15) is 5.26 Å². The molecule has 102 valence electrons. The molecule has 19 heavy (non-hydrogen) atoms. The van der Waals surface area contributed by atoms with E-state index >= 15 is 0 Å². The summed E-state index contributed by atoms with van der Waals surface area (Å²) in [5, 5.41) is 17.3. The number of carboxylic acid groups (broad SMARTS) is 1. The van der Waals surface area contributed by atoms with E-state index in [1.54, 1.807) is 6.07 Å². The Hall–Kier alpha value is -1.94. The first-order valence-corrected chi connectivity index (χ1v) is 7.19. The minimum Gasteiger partial charge on any atom is -0.481 e. The molecular weight excluding hydrogens is 273 g/mol. The highest BCUT2D eigenvalue weighted by atomic mass is 32.2. The second-order valence-corrected chi connectivity index (χ2v) is 6.32. The molecule has 0 fully saturated rings. The zero-order chi connectivity index (χ0) is 14.6. The number of halogens is 1. The molecule has 0 amide bonds. The zero-order valence-corrected chi connectivity index (χ0v) is 10.9. The molecule has 0 aliphatic heterocycles. The minimum absolute atomic E-state index is 0.128. The number of nitrogens with zero attached hydrogens (tertiary/aromatic N) is 1. The maximum absolute atomic E-state index is 13.4. The van der Waals surface area contributed by atoms with Gasteiger partial charge in [-0.05, 0) is 18.2 Å². The van der Waals surface area contributed by atoms with Crippen LogP contribution < -0.4 is 0 Å². The molecule has 1 N–H and O–H groups in total. The van der Waals surface area contributed by atoms with Gasteiger partial charge in [0.25, 0.3) is 0 Å². The monoisotopic (exact) mass is 285 g/mol. The van der Waals surface area contributed by atoms with Crippen molar-refractivity contribution < 1.29 is 22.7 Å². The fourth-order valence-electron chi connectivity index (χ4n) is 1.50. The molecule has 1 aromatic carbocycles. The van der Waals surface area contributed by atoms with Gasteiger partial charge in [0.1, 0.15) is 5.82 Å². The van der Waals surface area contributed by atoms with Crippen molar-refractivity contribution in [1.29, 1.82) is 5.26 Å². The van der Waals surface area contributed by atoms with Crippen molar-refractivity contribution in [2.24, 2.45) is 5.92 Å². The van der Waals surface area contributed by atoms with Crippen LogP contribution in [0.25, 0.3) is 0 Å². The maximum atomic E-state index is 13.4. The summed E-state index contributed by atoms with van der Waals surface area (Å²) in [6.07, 6.45) is 0. The van der Waals surface area contributed by atoms with Crippen molar-refractivity contribution in [1.82, 2.24) is 0 Å². The first kappa shape index (κ1) is 15.1. The second-order valence-electron chi connectivity index (χ2n) is 4.21. The van der Waals surface area contributed by atoms with E-state index < -0.39 is 39.0 Å². The van der Waals surface area contributed by atoms with Crippen LogP contribution >= 0.6 is 0 Å². The number of sulfone groups is 1. The average Bonchev–Trinajstić information content (AvgIpc) is 2.31. The predicted octanol–water partition coefficient (Wildman–Crippen LogP) is 1.33. The number of carbonyl (C=O) groups is 1.